The van der Waals surface area contributed by atoms with Crippen LogP contribution >= 0.6 is 0 Å². The Morgan fingerprint density at radius 3 is 1.40 bits per heavy atom. The molecule has 0 saturated carbocycles. The van der Waals surface area contributed by atoms with E-state index in [-0.39, 0.29) is 37.1 Å². The lowest BCUT2D eigenvalue weighted by Crippen LogP contribution is -2.16. The van der Waals surface area contributed by atoms with Crippen molar-refractivity contribution in [3.63, 3.8) is 0 Å². The fourth-order valence-electron chi connectivity index (χ4n) is 4.14. The Kier molecular flexibility index (Phi) is 15.4. The summed E-state index contributed by atoms with van der Waals surface area (Å²) < 4.78 is 9.55. The number of non-ortho nitro benzene ring substituents is 2. The van der Waals surface area contributed by atoms with Crippen LogP contribution < -0.4 is 10.6 Å². The summed E-state index contributed by atoms with van der Waals surface area (Å²) in [6, 6.07) is 6.51. The average Bonchev–Trinajstić information content (AvgIpc) is 3.03. The number of nitrogens with one attached hydrogen (secondary N) is 3. The van der Waals surface area contributed by atoms with E-state index in [4.69, 9.17) is 14.9 Å². The van der Waals surface area contributed by atoms with Gasteiger partial charge < -0.3 is 20.1 Å². The first-order valence-electron chi connectivity index (χ1n) is 14.6. The second-order valence-corrected chi connectivity index (χ2v) is 10.1. The highest BCUT2D eigenvalue weighted by molar-refractivity contribution is 5.90. The molecule has 0 aliphatic heterocycles. The molecule has 0 aliphatic rings. The quantitative estimate of drug-likeness (QED) is 0.0286. The van der Waals surface area contributed by atoms with Gasteiger partial charge in [-0.1, -0.05) is 12.8 Å². The van der Waals surface area contributed by atoms with Crippen LogP contribution in [0.4, 0.5) is 34.1 Å². The average molecular weight is 676 g/mol. The molecule has 0 aromatic heterocycles. The maximum absolute atomic E-state index is 12.0. The molecule has 0 amide bonds. The molecule has 0 bridgehead atoms. The molecule has 258 valence electrons. The Morgan fingerprint density at radius 1 is 0.562 bits per heavy atom. The molecule has 0 aliphatic carbocycles. The molecule has 0 spiro atoms. The third-order valence-corrected chi connectivity index (χ3v) is 6.54. The summed E-state index contributed by atoms with van der Waals surface area (Å²) in [5.41, 5.74) is -1.43. The zero-order valence-corrected chi connectivity index (χ0v) is 25.5. The van der Waals surface area contributed by atoms with Crippen LogP contribution in [-0.2, 0) is 23.9 Å². The topological polar surface area (TPSA) is 290 Å². The van der Waals surface area contributed by atoms with Crippen LogP contribution in [-0.4, -0.2) is 56.6 Å². The molecule has 0 fully saturated rings. The number of nitro groups is 4. The van der Waals surface area contributed by atoms with Gasteiger partial charge >= 0.3 is 17.9 Å². The van der Waals surface area contributed by atoms with Gasteiger partial charge in [-0.3, -0.25) is 60.3 Å². The number of anilines is 2. The summed E-state index contributed by atoms with van der Waals surface area (Å²) >= 11 is 0. The number of nitrogens with zero attached hydrogens (tertiary/aromatic N) is 4. The van der Waals surface area contributed by atoms with E-state index in [1.807, 2.05) is 0 Å². The lowest BCUT2D eigenvalue weighted by Gasteiger charge is -2.08. The molecule has 0 atom stereocenters. The van der Waals surface area contributed by atoms with E-state index in [0.717, 1.165) is 24.3 Å². The highest BCUT2D eigenvalue weighted by Gasteiger charge is 2.20. The number of benzene rings is 2. The number of carbonyl (C=O) groups excluding carboxylic acids is 3. The van der Waals surface area contributed by atoms with Crippen LogP contribution in [0.25, 0.3) is 0 Å². The van der Waals surface area contributed by atoms with E-state index in [1.165, 1.54) is 12.1 Å². The highest BCUT2D eigenvalue weighted by Crippen LogP contribution is 2.30. The second kappa shape index (κ2) is 19.4. The Labute approximate surface area is 271 Å². The van der Waals surface area contributed by atoms with Gasteiger partial charge in [0, 0.05) is 44.5 Å². The van der Waals surface area contributed by atoms with Crippen LogP contribution in [0, 0.1) is 45.9 Å². The molecule has 0 saturated heterocycles. The molecule has 20 nitrogen and oxygen atoms in total. The van der Waals surface area contributed by atoms with Gasteiger partial charge in [0.25, 0.3) is 22.7 Å². The van der Waals surface area contributed by atoms with Crippen molar-refractivity contribution in [3.05, 3.63) is 76.9 Å². The number of nitro benzene ring substituents is 4. The third kappa shape index (κ3) is 13.5. The minimum atomic E-state index is -0.895. The maximum atomic E-state index is 12.0. The number of ether oxygens (including phenoxy) is 2. The zero-order chi connectivity index (χ0) is 35.6. The number of unbranched alkanes of at least 4 members (excludes halogenated alkanes) is 4. The minimum absolute atomic E-state index is 0.0245. The zero-order valence-electron chi connectivity index (χ0n) is 25.5. The van der Waals surface area contributed by atoms with Gasteiger partial charge in [0.1, 0.15) is 11.4 Å². The van der Waals surface area contributed by atoms with Crippen LogP contribution in [0.3, 0.4) is 0 Å². The maximum Gasteiger partial charge on any atom is 0.313 e. The largest absolute Gasteiger partial charge is 0.412 e. The van der Waals surface area contributed by atoms with Gasteiger partial charge in [-0.15, -0.1) is 0 Å². The number of rotatable bonds is 21. The minimum Gasteiger partial charge on any atom is -0.412 e. The normalized spacial score (nSPS) is 10.4. The third-order valence-electron chi connectivity index (χ3n) is 6.54. The highest BCUT2D eigenvalue weighted by atomic mass is 16.6. The second-order valence-electron chi connectivity index (χ2n) is 10.1. The summed E-state index contributed by atoms with van der Waals surface area (Å²) in [6.45, 7) is 0.598. The first-order chi connectivity index (χ1) is 22.8. The van der Waals surface area contributed by atoms with Crippen molar-refractivity contribution >= 4 is 57.9 Å². The predicted octanol–water partition coefficient (Wildman–Crippen LogP) is 5.33. The molecule has 3 N–H and O–H groups in total. The van der Waals surface area contributed by atoms with Crippen LogP contribution in [0.5, 0.6) is 0 Å². The first-order valence-corrected chi connectivity index (χ1v) is 14.6. The Bertz CT molecular complexity index is 1430. The van der Waals surface area contributed by atoms with Gasteiger partial charge in [-0.25, -0.2) is 0 Å². The van der Waals surface area contributed by atoms with Crippen molar-refractivity contribution in [2.75, 3.05) is 23.7 Å². The standard InChI is InChI=1S/C28H33N7O13/c29-25(47-26(36)7-3-1-5-15-30-21-11-9-19(32(39)40)17-23(21)34(43)44)13-14-28(38)48-27(37)8-4-2-6-16-31-22-12-10-20(33(41)42)18-24(22)35(45)46/h9-12,17-18,29-31H,1-8,13-16H2. The van der Waals surface area contributed by atoms with Crippen LogP contribution in [0.15, 0.2) is 36.4 Å². The number of hydrogen-bond acceptors (Lipinski definition) is 16. The summed E-state index contributed by atoms with van der Waals surface area (Å²) in [7, 11) is 0. The van der Waals surface area contributed by atoms with Crippen molar-refractivity contribution in [1.29, 1.82) is 5.41 Å². The fraction of sp³-hybridized carbons (Fsp3) is 0.429. The van der Waals surface area contributed by atoms with Gasteiger partial charge in [-0.2, -0.15) is 0 Å². The number of carbonyl (C=O) groups is 3. The smallest absolute Gasteiger partial charge is 0.313 e. The van der Waals surface area contributed by atoms with E-state index in [9.17, 15) is 54.8 Å². The van der Waals surface area contributed by atoms with Crippen molar-refractivity contribution in [1.82, 2.24) is 0 Å². The van der Waals surface area contributed by atoms with Crippen molar-refractivity contribution < 1.29 is 43.6 Å². The van der Waals surface area contributed by atoms with E-state index in [0.29, 0.717) is 51.6 Å². The van der Waals surface area contributed by atoms with Gasteiger partial charge in [0.2, 0.25) is 0 Å². The number of esters is 3. The predicted molar refractivity (Wildman–Crippen MR) is 168 cm³/mol. The van der Waals surface area contributed by atoms with Crippen LogP contribution in [0.1, 0.15) is 64.2 Å². The molecule has 0 radical (unpaired) electrons. The molecular formula is C28H33N7O13. The summed E-state index contributed by atoms with van der Waals surface area (Å²) in [5.74, 6) is -2.84. The lowest BCUT2D eigenvalue weighted by molar-refractivity contribution is -0.393. The monoisotopic (exact) mass is 675 g/mol. The molecule has 0 unspecified atom stereocenters. The number of hydrogen-bond donors (Lipinski definition) is 3. The van der Waals surface area contributed by atoms with E-state index in [2.05, 4.69) is 10.6 Å². The molecular weight excluding hydrogens is 642 g/mol. The Hall–Kier alpha value is -6.08. The van der Waals surface area contributed by atoms with E-state index in [1.54, 1.807) is 0 Å². The molecule has 2 aromatic rings. The van der Waals surface area contributed by atoms with Crippen molar-refractivity contribution in [3.8, 4) is 0 Å². The molecule has 48 heavy (non-hydrogen) atoms. The first kappa shape index (κ1) is 38.1. The lowest BCUT2D eigenvalue weighted by atomic mass is 10.2. The molecule has 2 aromatic carbocycles. The Morgan fingerprint density at radius 2 is 0.979 bits per heavy atom. The van der Waals surface area contributed by atoms with Gasteiger partial charge in [-0.05, 0) is 37.8 Å². The van der Waals surface area contributed by atoms with Gasteiger partial charge in [0.15, 0.2) is 5.90 Å². The van der Waals surface area contributed by atoms with Crippen molar-refractivity contribution in [2.45, 2.75) is 64.2 Å². The van der Waals surface area contributed by atoms with Gasteiger partial charge in [0.05, 0.1) is 38.2 Å². The van der Waals surface area contributed by atoms with E-state index >= 15 is 0 Å². The summed E-state index contributed by atoms with van der Waals surface area (Å²) in [4.78, 5) is 76.8. The van der Waals surface area contributed by atoms with E-state index < -0.39 is 66.2 Å². The SMILES string of the molecule is N=C(CCC(=O)OC(=O)CCCCCNc1ccc([N+](=O)[O-])cc1[N+](=O)[O-])OC(=O)CCCCCNc1ccc([N+](=O)[O-])cc1[N+](=O)[O-]. The summed E-state index contributed by atoms with van der Waals surface area (Å²) in [6.07, 6.45) is 2.08. The Balaban J connectivity index is 1.55. The van der Waals surface area contributed by atoms with Crippen molar-refractivity contribution in [2.24, 2.45) is 0 Å². The molecule has 20 heteroatoms. The fourth-order valence-corrected chi connectivity index (χ4v) is 4.14. The molecule has 2 rings (SSSR count). The van der Waals surface area contributed by atoms with Crippen LogP contribution in [0.2, 0.25) is 0 Å². The summed E-state index contributed by atoms with van der Waals surface area (Å²) in [5, 5.41) is 57.4. The molecule has 0 heterocycles.